The Morgan fingerprint density at radius 2 is 2.00 bits per heavy atom. The molecule has 0 heterocycles. The summed E-state index contributed by atoms with van der Waals surface area (Å²) >= 11 is 0. The third-order valence-corrected chi connectivity index (χ3v) is 4.87. The molecule has 0 fully saturated rings. The molecular formula is C15H24N2O2S. The van der Waals surface area contributed by atoms with Gasteiger partial charge in [-0.2, -0.15) is 0 Å². The second-order valence-corrected chi connectivity index (χ2v) is 7.18. The van der Waals surface area contributed by atoms with E-state index < -0.39 is 16.0 Å². The number of nitrogen functional groups attached to an aromatic ring is 1. The highest BCUT2D eigenvalue weighted by Gasteiger charge is 2.22. The van der Waals surface area contributed by atoms with Gasteiger partial charge in [0.25, 0.3) is 0 Å². The van der Waals surface area contributed by atoms with E-state index in [1.165, 1.54) is 0 Å². The zero-order chi connectivity index (χ0) is 15.3. The fourth-order valence-corrected chi connectivity index (χ4v) is 3.05. The second kappa shape index (κ2) is 7.43. The number of aryl methyl sites for hydroxylation is 1. The van der Waals surface area contributed by atoms with Gasteiger partial charge in [0.1, 0.15) is 5.25 Å². The molecule has 1 aromatic carbocycles. The molecule has 0 aliphatic heterocycles. The standard InChI is InChI=1S/C15H24N2O2S/c1-10(2)7-8-17-15(18)12(4)20(19)14-9-13(16)6-5-11(14)3/h5-6,9-10,12H,7-8,16H2,1-4H3,(H,17,18). The SMILES string of the molecule is Cc1ccc(N)cc1S(=O)C(C)C(=O)NCCC(C)C. The van der Waals surface area contributed by atoms with Crippen LogP contribution in [0.2, 0.25) is 0 Å². The molecule has 3 N–H and O–H groups in total. The van der Waals surface area contributed by atoms with E-state index in [4.69, 9.17) is 5.73 Å². The lowest BCUT2D eigenvalue weighted by Crippen LogP contribution is -2.36. The number of carbonyl (C=O) groups excluding carboxylic acids is 1. The fourth-order valence-electron chi connectivity index (χ4n) is 1.75. The number of rotatable bonds is 6. The van der Waals surface area contributed by atoms with Crippen molar-refractivity contribution in [3.63, 3.8) is 0 Å². The number of nitrogens with one attached hydrogen (secondary N) is 1. The average molecular weight is 296 g/mol. The Morgan fingerprint density at radius 1 is 1.35 bits per heavy atom. The third kappa shape index (κ3) is 4.63. The molecule has 0 spiro atoms. The highest BCUT2D eigenvalue weighted by Crippen LogP contribution is 2.19. The van der Waals surface area contributed by atoms with Crippen LogP contribution >= 0.6 is 0 Å². The summed E-state index contributed by atoms with van der Waals surface area (Å²) in [6, 6.07) is 5.28. The molecule has 2 atom stereocenters. The van der Waals surface area contributed by atoms with Gasteiger partial charge in [-0.05, 0) is 43.9 Å². The predicted molar refractivity (Wildman–Crippen MR) is 83.9 cm³/mol. The van der Waals surface area contributed by atoms with Gasteiger partial charge in [0.2, 0.25) is 5.91 Å². The summed E-state index contributed by atoms with van der Waals surface area (Å²) in [5.74, 6) is 0.359. The Labute approximate surface area is 123 Å². The second-order valence-electron chi connectivity index (χ2n) is 5.44. The van der Waals surface area contributed by atoms with Crippen LogP contribution in [0.4, 0.5) is 5.69 Å². The fraction of sp³-hybridized carbons (Fsp3) is 0.533. The minimum Gasteiger partial charge on any atom is -0.399 e. The smallest absolute Gasteiger partial charge is 0.235 e. The number of hydrogen-bond acceptors (Lipinski definition) is 3. The normalized spacial score (nSPS) is 14.1. The lowest BCUT2D eigenvalue weighted by molar-refractivity contribution is -0.120. The molecule has 2 unspecified atom stereocenters. The van der Waals surface area contributed by atoms with E-state index in [0.29, 0.717) is 23.0 Å². The Bertz CT molecular complexity index is 501. The van der Waals surface area contributed by atoms with Crippen LogP contribution in [0.1, 0.15) is 32.8 Å². The molecule has 0 saturated heterocycles. The van der Waals surface area contributed by atoms with Crippen LogP contribution in [0.25, 0.3) is 0 Å². The largest absolute Gasteiger partial charge is 0.399 e. The van der Waals surface area contributed by atoms with E-state index in [2.05, 4.69) is 19.2 Å². The number of anilines is 1. The van der Waals surface area contributed by atoms with E-state index >= 15 is 0 Å². The summed E-state index contributed by atoms with van der Waals surface area (Å²) < 4.78 is 12.5. The molecule has 0 bridgehead atoms. The van der Waals surface area contributed by atoms with Gasteiger partial charge < -0.3 is 11.1 Å². The van der Waals surface area contributed by atoms with Gasteiger partial charge in [-0.3, -0.25) is 9.00 Å². The van der Waals surface area contributed by atoms with Crippen molar-refractivity contribution in [1.29, 1.82) is 0 Å². The number of nitrogens with two attached hydrogens (primary N) is 1. The molecule has 0 aromatic heterocycles. The summed E-state index contributed by atoms with van der Waals surface area (Å²) in [7, 11) is -1.39. The molecule has 0 saturated carbocycles. The van der Waals surface area contributed by atoms with E-state index in [0.717, 1.165) is 12.0 Å². The monoisotopic (exact) mass is 296 g/mol. The maximum Gasteiger partial charge on any atom is 0.235 e. The maximum absolute atomic E-state index is 12.5. The molecule has 20 heavy (non-hydrogen) atoms. The van der Waals surface area contributed by atoms with Crippen LogP contribution in [0.5, 0.6) is 0 Å². The van der Waals surface area contributed by atoms with Gasteiger partial charge >= 0.3 is 0 Å². The predicted octanol–water partition coefficient (Wildman–Crippen LogP) is 2.24. The van der Waals surface area contributed by atoms with Crippen molar-refractivity contribution in [2.24, 2.45) is 5.92 Å². The van der Waals surface area contributed by atoms with E-state index in [1.54, 1.807) is 19.1 Å². The summed E-state index contributed by atoms with van der Waals surface area (Å²) in [5.41, 5.74) is 7.17. The van der Waals surface area contributed by atoms with Gasteiger partial charge in [0.15, 0.2) is 0 Å². The van der Waals surface area contributed by atoms with Crippen LogP contribution in [-0.2, 0) is 15.6 Å². The maximum atomic E-state index is 12.5. The van der Waals surface area contributed by atoms with Gasteiger partial charge in [0.05, 0.1) is 10.8 Å². The van der Waals surface area contributed by atoms with Gasteiger partial charge in [-0.25, -0.2) is 0 Å². The molecule has 0 aliphatic carbocycles. The van der Waals surface area contributed by atoms with Crippen molar-refractivity contribution in [2.45, 2.75) is 44.3 Å². The third-order valence-electron chi connectivity index (χ3n) is 3.14. The Hall–Kier alpha value is -1.36. The zero-order valence-corrected chi connectivity index (χ0v) is 13.4. The molecule has 112 valence electrons. The molecule has 4 nitrogen and oxygen atoms in total. The van der Waals surface area contributed by atoms with Crippen LogP contribution in [0, 0.1) is 12.8 Å². The van der Waals surface area contributed by atoms with E-state index in [-0.39, 0.29) is 5.91 Å². The molecule has 1 aromatic rings. The van der Waals surface area contributed by atoms with Crippen molar-refractivity contribution >= 4 is 22.4 Å². The molecule has 1 amide bonds. The Morgan fingerprint density at radius 3 is 2.60 bits per heavy atom. The van der Waals surface area contributed by atoms with Crippen molar-refractivity contribution in [1.82, 2.24) is 5.32 Å². The average Bonchev–Trinajstić information content (AvgIpc) is 2.39. The Balaban J connectivity index is 2.71. The van der Waals surface area contributed by atoms with Crippen molar-refractivity contribution in [3.05, 3.63) is 23.8 Å². The number of amides is 1. The summed E-state index contributed by atoms with van der Waals surface area (Å²) in [4.78, 5) is 12.6. The lowest BCUT2D eigenvalue weighted by Gasteiger charge is -2.14. The number of hydrogen-bond donors (Lipinski definition) is 2. The van der Waals surface area contributed by atoms with Crippen LogP contribution in [0.15, 0.2) is 23.1 Å². The van der Waals surface area contributed by atoms with E-state index in [9.17, 15) is 9.00 Å². The minimum atomic E-state index is -1.39. The first-order valence-corrected chi connectivity index (χ1v) is 8.08. The van der Waals surface area contributed by atoms with Crippen LogP contribution < -0.4 is 11.1 Å². The van der Waals surface area contributed by atoms with Crippen LogP contribution in [-0.4, -0.2) is 21.9 Å². The molecule has 0 radical (unpaired) electrons. The highest BCUT2D eigenvalue weighted by molar-refractivity contribution is 7.86. The molecular weight excluding hydrogens is 272 g/mol. The Kier molecular flexibility index (Phi) is 6.20. The summed E-state index contributed by atoms with van der Waals surface area (Å²) in [6.07, 6.45) is 0.919. The molecule has 5 heteroatoms. The quantitative estimate of drug-likeness (QED) is 0.791. The van der Waals surface area contributed by atoms with E-state index in [1.807, 2.05) is 13.0 Å². The molecule has 1 rings (SSSR count). The van der Waals surface area contributed by atoms with Crippen molar-refractivity contribution in [2.75, 3.05) is 12.3 Å². The minimum absolute atomic E-state index is 0.175. The van der Waals surface area contributed by atoms with Crippen molar-refractivity contribution < 1.29 is 9.00 Å². The number of benzene rings is 1. The van der Waals surface area contributed by atoms with Gasteiger partial charge in [-0.1, -0.05) is 19.9 Å². The zero-order valence-electron chi connectivity index (χ0n) is 12.6. The topological polar surface area (TPSA) is 72.2 Å². The van der Waals surface area contributed by atoms with Gasteiger partial charge in [0, 0.05) is 17.1 Å². The summed E-state index contributed by atoms with van der Waals surface area (Å²) in [5, 5.41) is 2.25. The first kappa shape index (κ1) is 16.7. The van der Waals surface area contributed by atoms with Crippen LogP contribution in [0.3, 0.4) is 0 Å². The highest BCUT2D eigenvalue weighted by atomic mass is 32.2. The van der Waals surface area contributed by atoms with Crippen molar-refractivity contribution in [3.8, 4) is 0 Å². The molecule has 0 aliphatic rings. The first-order chi connectivity index (χ1) is 9.32. The van der Waals surface area contributed by atoms with Gasteiger partial charge in [-0.15, -0.1) is 0 Å². The summed E-state index contributed by atoms with van der Waals surface area (Å²) in [6.45, 7) is 8.38. The lowest BCUT2D eigenvalue weighted by atomic mass is 10.1. The first-order valence-electron chi connectivity index (χ1n) is 6.87. The number of carbonyl (C=O) groups is 1.